The second-order valence-electron chi connectivity index (χ2n) is 14.0. The first-order chi connectivity index (χ1) is 27.9. The number of aryl methyl sites for hydroxylation is 2. The Morgan fingerprint density at radius 1 is 0.776 bits per heavy atom. The highest BCUT2D eigenvalue weighted by Crippen LogP contribution is 2.41. The molecule has 0 amide bonds. The van der Waals surface area contributed by atoms with Gasteiger partial charge in [-0.25, -0.2) is 4.98 Å². The molecule has 14 nitrogen and oxygen atoms in total. The lowest BCUT2D eigenvalue weighted by molar-refractivity contribution is -0.166. The molecule has 306 valence electrons. The standard InChI is InChI=1S/C43H48N4O10S/c1-29-22-35-36(23-30(29)2)47(42(48)40(44-35)41-45-39(46-57-41)26-56-58(6,49)50)24-37(53-27-51-4)31(3)38(54-28-52-5)25-55-43(32-16-10-7-11-17-32,33-18-12-8-13-19-33)34-20-14-9-15-21-34/h7-23,31,37-38H,24-28H2,1-6H3/t31-,37-,38+/m0/s1. The van der Waals surface area contributed by atoms with Gasteiger partial charge in [-0.3, -0.25) is 8.98 Å². The highest BCUT2D eigenvalue weighted by Gasteiger charge is 2.40. The van der Waals surface area contributed by atoms with Crippen LogP contribution < -0.4 is 5.56 Å². The number of fused-ring (bicyclic) bond motifs is 1. The molecule has 0 unspecified atom stereocenters. The Balaban J connectivity index is 1.41. The Morgan fingerprint density at radius 2 is 1.31 bits per heavy atom. The minimum absolute atomic E-state index is 0.0319. The molecule has 15 heteroatoms. The Morgan fingerprint density at radius 3 is 1.84 bits per heavy atom. The first-order valence-electron chi connectivity index (χ1n) is 18.7. The van der Waals surface area contributed by atoms with E-state index in [1.165, 1.54) is 7.11 Å². The Labute approximate surface area is 337 Å². The molecule has 58 heavy (non-hydrogen) atoms. The second-order valence-corrected chi connectivity index (χ2v) is 15.6. The van der Waals surface area contributed by atoms with E-state index in [4.69, 9.17) is 32.4 Å². The third-order valence-corrected chi connectivity index (χ3v) is 10.5. The monoisotopic (exact) mass is 812 g/mol. The normalized spacial score (nSPS) is 13.8. The van der Waals surface area contributed by atoms with Crippen molar-refractivity contribution in [2.24, 2.45) is 5.92 Å². The summed E-state index contributed by atoms with van der Waals surface area (Å²) in [5.74, 6) is -0.695. The van der Waals surface area contributed by atoms with Crippen LogP contribution in [0.3, 0.4) is 0 Å². The molecular formula is C43H48N4O10S. The number of aromatic nitrogens is 4. The van der Waals surface area contributed by atoms with Crippen molar-refractivity contribution in [2.75, 3.05) is 40.7 Å². The Kier molecular flexibility index (Phi) is 14.0. The largest absolute Gasteiger partial charge is 0.359 e. The smallest absolute Gasteiger partial charge is 0.282 e. The highest BCUT2D eigenvalue weighted by atomic mass is 32.2. The van der Waals surface area contributed by atoms with Crippen LogP contribution in [0.25, 0.3) is 22.6 Å². The van der Waals surface area contributed by atoms with Crippen LogP contribution in [0, 0.1) is 19.8 Å². The van der Waals surface area contributed by atoms with E-state index in [2.05, 4.69) is 15.1 Å². The number of rotatable bonds is 20. The molecule has 0 aliphatic heterocycles. The van der Waals surface area contributed by atoms with Crippen molar-refractivity contribution in [3.05, 3.63) is 147 Å². The molecule has 0 saturated carbocycles. The van der Waals surface area contributed by atoms with Crippen molar-refractivity contribution < 1.29 is 40.8 Å². The fraction of sp³-hybridized carbons (Fsp3) is 0.349. The average Bonchev–Trinajstić information content (AvgIpc) is 3.71. The first kappa shape index (κ1) is 42.5. The maximum absolute atomic E-state index is 14.5. The minimum atomic E-state index is -3.78. The molecule has 0 fully saturated rings. The molecule has 2 heterocycles. The number of nitrogens with zero attached hydrogens (tertiary/aromatic N) is 4. The summed E-state index contributed by atoms with van der Waals surface area (Å²) < 4.78 is 65.8. The van der Waals surface area contributed by atoms with E-state index in [-0.39, 0.29) is 44.1 Å². The summed E-state index contributed by atoms with van der Waals surface area (Å²) in [6, 6.07) is 33.9. The molecule has 6 aromatic rings. The van der Waals surface area contributed by atoms with E-state index in [9.17, 15) is 13.2 Å². The molecule has 6 rings (SSSR count). The van der Waals surface area contributed by atoms with Crippen LogP contribution in [0.5, 0.6) is 0 Å². The van der Waals surface area contributed by atoms with Gasteiger partial charge in [0.05, 0.1) is 42.6 Å². The van der Waals surface area contributed by atoms with Gasteiger partial charge in [0, 0.05) is 20.1 Å². The van der Waals surface area contributed by atoms with Gasteiger partial charge in [-0.05, 0) is 53.8 Å². The zero-order valence-corrected chi connectivity index (χ0v) is 34.2. The fourth-order valence-corrected chi connectivity index (χ4v) is 7.13. The molecule has 0 N–H and O–H groups in total. The van der Waals surface area contributed by atoms with Crippen LogP contribution in [-0.2, 0) is 56.7 Å². The zero-order chi connectivity index (χ0) is 41.3. The second kappa shape index (κ2) is 19.1. The maximum Gasteiger partial charge on any atom is 0.282 e. The van der Waals surface area contributed by atoms with Crippen LogP contribution in [0.4, 0.5) is 0 Å². The van der Waals surface area contributed by atoms with Crippen molar-refractivity contribution in [3.8, 4) is 11.6 Å². The Hall–Kier alpha value is -5.13. The van der Waals surface area contributed by atoms with E-state index in [0.717, 1.165) is 34.1 Å². The molecular weight excluding hydrogens is 765 g/mol. The van der Waals surface area contributed by atoms with Crippen molar-refractivity contribution >= 4 is 21.2 Å². The van der Waals surface area contributed by atoms with Gasteiger partial charge in [-0.2, -0.15) is 13.4 Å². The van der Waals surface area contributed by atoms with E-state index in [1.807, 2.05) is 124 Å². The Bertz CT molecular complexity index is 2330. The van der Waals surface area contributed by atoms with Crippen LogP contribution in [0.1, 0.15) is 40.6 Å². The molecule has 3 atom stereocenters. The summed E-state index contributed by atoms with van der Waals surface area (Å²) in [6.07, 6.45) is -0.407. The van der Waals surface area contributed by atoms with Gasteiger partial charge < -0.3 is 32.8 Å². The fourth-order valence-electron chi connectivity index (χ4n) is 6.81. The topological polar surface area (TPSA) is 163 Å². The van der Waals surface area contributed by atoms with Gasteiger partial charge in [-0.1, -0.05) is 103 Å². The molecule has 0 radical (unpaired) electrons. The molecule has 2 aromatic heterocycles. The lowest BCUT2D eigenvalue weighted by Gasteiger charge is -2.38. The van der Waals surface area contributed by atoms with Gasteiger partial charge in [0.25, 0.3) is 21.6 Å². The summed E-state index contributed by atoms with van der Waals surface area (Å²) in [7, 11) is -0.708. The van der Waals surface area contributed by atoms with Crippen LogP contribution >= 0.6 is 0 Å². The lowest BCUT2D eigenvalue weighted by atomic mass is 9.80. The van der Waals surface area contributed by atoms with Gasteiger partial charge in [0.1, 0.15) is 25.8 Å². The van der Waals surface area contributed by atoms with Gasteiger partial charge in [0.2, 0.25) is 0 Å². The van der Waals surface area contributed by atoms with E-state index >= 15 is 0 Å². The third kappa shape index (κ3) is 9.76. The first-order valence-corrected chi connectivity index (χ1v) is 20.5. The van der Waals surface area contributed by atoms with Gasteiger partial charge in [0.15, 0.2) is 11.5 Å². The molecule has 0 saturated heterocycles. The number of hydrogen-bond acceptors (Lipinski definition) is 13. The summed E-state index contributed by atoms with van der Waals surface area (Å²) in [6.45, 7) is 5.40. The molecule has 0 aliphatic carbocycles. The molecule has 0 spiro atoms. The number of methoxy groups -OCH3 is 2. The SMILES string of the molecule is COCO[C@@H](Cn1c(=O)c(-c2nc(COS(C)(=O)=O)no2)nc2cc(C)c(C)cc21)[C@H](C)[C@@H](COC(c1ccccc1)(c1ccccc1)c1ccccc1)OCOC. The predicted molar refractivity (Wildman–Crippen MR) is 216 cm³/mol. The van der Waals surface area contributed by atoms with Crippen molar-refractivity contribution in [2.45, 2.75) is 51.7 Å². The van der Waals surface area contributed by atoms with Crippen molar-refractivity contribution in [3.63, 3.8) is 0 Å². The zero-order valence-electron chi connectivity index (χ0n) is 33.4. The molecule has 0 bridgehead atoms. The lowest BCUT2D eigenvalue weighted by Crippen LogP contribution is -2.44. The minimum Gasteiger partial charge on any atom is -0.359 e. The number of hydrogen-bond donors (Lipinski definition) is 0. The average molecular weight is 813 g/mol. The number of ether oxygens (including phenoxy) is 5. The predicted octanol–water partition coefficient (Wildman–Crippen LogP) is 6.16. The summed E-state index contributed by atoms with van der Waals surface area (Å²) in [5, 5.41) is 3.82. The quantitative estimate of drug-likeness (QED) is 0.0490. The summed E-state index contributed by atoms with van der Waals surface area (Å²) >= 11 is 0. The van der Waals surface area contributed by atoms with E-state index in [0.29, 0.717) is 11.0 Å². The summed E-state index contributed by atoms with van der Waals surface area (Å²) in [5.41, 5.74) is 4.05. The maximum atomic E-state index is 14.5. The third-order valence-electron chi connectivity index (χ3n) is 9.97. The molecule has 0 aliphatic rings. The van der Waals surface area contributed by atoms with Crippen LogP contribution in [0.15, 0.2) is 112 Å². The summed E-state index contributed by atoms with van der Waals surface area (Å²) in [4.78, 5) is 23.4. The highest BCUT2D eigenvalue weighted by molar-refractivity contribution is 7.85. The van der Waals surface area contributed by atoms with E-state index < -0.39 is 46.0 Å². The van der Waals surface area contributed by atoms with Crippen LogP contribution in [-0.4, -0.2) is 81.0 Å². The number of benzene rings is 4. The van der Waals surface area contributed by atoms with Crippen molar-refractivity contribution in [1.82, 2.24) is 19.7 Å². The molecule has 4 aromatic carbocycles. The van der Waals surface area contributed by atoms with E-state index in [1.54, 1.807) is 11.7 Å². The van der Waals surface area contributed by atoms with Gasteiger partial charge in [-0.15, -0.1) is 0 Å². The van der Waals surface area contributed by atoms with Gasteiger partial charge >= 0.3 is 0 Å². The van der Waals surface area contributed by atoms with Crippen molar-refractivity contribution in [1.29, 1.82) is 0 Å². The van der Waals surface area contributed by atoms with Crippen LogP contribution in [0.2, 0.25) is 0 Å².